The number of carbonyl (C=O) groups excluding carboxylic acids is 1. The Morgan fingerprint density at radius 2 is 2.15 bits per heavy atom. The van der Waals surface area contributed by atoms with E-state index in [4.69, 9.17) is 11.6 Å². The molecule has 0 amide bonds. The van der Waals surface area contributed by atoms with E-state index >= 15 is 0 Å². The van der Waals surface area contributed by atoms with Crippen molar-refractivity contribution in [3.05, 3.63) is 33.0 Å². The van der Waals surface area contributed by atoms with Gasteiger partial charge < -0.3 is 0 Å². The lowest BCUT2D eigenvalue weighted by molar-refractivity contribution is 0.102. The average Bonchev–Trinajstić information content (AvgIpc) is 2.12. The Morgan fingerprint density at radius 3 is 2.69 bits per heavy atom. The number of carbonyl (C=O) groups is 1. The Hall–Kier alpha value is 0.0700. The Kier molecular flexibility index (Phi) is 3.88. The third-order valence-electron chi connectivity index (χ3n) is 1.44. The summed E-state index contributed by atoms with van der Waals surface area (Å²) in [5, 5.41) is -0.0202. The fraction of sp³-hybridized carbons (Fsp3) is 0.125. The molecule has 0 radical (unpaired) electrons. The van der Waals surface area contributed by atoms with Crippen LogP contribution in [0.15, 0.2) is 16.6 Å². The van der Waals surface area contributed by atoms with E-state index in [9.17, 15) is 9.18 Å². The molecule has 0 atom stereocenters. The van der Waals surface area contributed by atoms with Crippen LogP contribution in [0.25, 0.3) is 0 Å². The molecule has 70 valence electrons. The molecule has 0 unspecified atom stereocenters. The largest absolute Gasteiger partial charge is 0.293 e. The molecular formula is C8H4Br2ClFO. The van der Waals surface area contributed by atoms with Crippen molar-refractivity contribution in [3.63, 3.8) is 0 Å². The molecule has 1 rings (SSSR count). The third-order valence-corrected chi connectivity index (χ3v) is 2.98. The summed E-state index contributed by atoms with van der Waals surface area (Å²) in [5.74, 6) is -0.842. The zero-order chi connectivity index (χ0) is 10.0. The molecule has 1 aromatic carbocycles. The number of ketones is 1. The molecule has 13 heavy (non-hydrogen) atoms. The smallest absolute Gasteiger partial charge is 0.176 e. The van der Waals surface area contributed by atoms with Crippen LogP contribution < -0.4 is 0 Å². The van der Waals surface area contributed by atoms with Crippen LogP contribution in [0, 0.1) is 5.82 Å². The van der Waals surface area contributed by atoms with E-state index in [-0.39, 0.29) is 21.7 Å². The molecule has 0 N–H and O–H groups in total. The van der Waals surface area contributed by atoms with E-state index in [0.717, 1.165) is 0 Å². The highest BCUT2D eigenvalue weighted by Gasteiger charge is 2.16. The van der Waals surface area contributed by atoms with Gasteiger partial charge in [0, 0.05) is 4.47 Å². The molecule has 0 saturated carbocycles. The third kappa shape index (κ3) is 2.30. The lowest BCUT2D eigenvalue weighted by atomic mass is 10.1. The van der Waals surface area contributed by atoms with Gasteiger partial charge in [-0.05, 0) is 28.1 Å². The van der Waals surface area contributed by atoms with Gasteiger partial charge in [0.25, 0.3) is 0 Å². The van der Waals surface area contributed by atoms with Crippen molar-refractivity contribution in [3.8, 4) is 0 Å². The first-order chi connectivity index (χ1) is 6.07. The number of hydrogen-bond acceptors (Lipinski definition) is 1. The van der Waals surface area contributed by atoms with Crippen molar-refractivity contribution in [2.24, 2.45) is 0 Å². The van der Waals surface area contributed by atoms with Gasteiger partial charge in [-0.25, -0.2) is 4.39 Å². The molecule has 0 fully saturated rings. The maximum absolute atomic E-state index is 12.9. The molecule has 1 aromatic rings. The first-order valence-electron chi connectivity index (χ1n) is 3.30. The normalized spacial score (nSPS) is 10.2. The van der Waals surface area contributed by atoms with Crippen LogP contribution in [-0.4, -0.2) is 11.1 Å². The van der Waals surface area contributed by atoms with Crippen LogP contribution in [-0.2, 0) is 0 Å². The van der Waals surface area contributed by atoms with Crippen LogP contribution in [0.1, 0.15) is 10.4 Å². The number of Topliss-reactive ketones (excluding diaryl/α,β-unsaturated/α-hetero) is 1. The van der Waals surface area contributed by atoms with Crippen LogP contribution in [0.5, 0.6) is 0 Å². The van der Waals surface area contributed by atoms with Crippen LogP contribution >= 0.6 is 43.5 Å². The van der Waals surface area contributed by atoms with Crippen LogP contribution in [0.4, 0.5) is 4.39 Å². The second-order valence-electron chi connectivity index (χ2n) is 2.27. The van der Waals surface area contributed by atoms with E-state index in [1.807, 2.05) is 0 Å². The monoisotopic (exact) mass is 328 g/mol. The second kappa shape index (κ2) is 4.53. The number of alkyl halides is 1. The summed E-state index contributed by atoms with van der Waals surface area (Å²) in [5.41, 5.74) is 0.179. The molecule has 5 heteroatoms. The summed E-state index contributed by atoms with van der Waals surface area (Å²) in [7, 11) is 0. The Bertz CT molecular complexity index is 354. The molecular weight excluding hydrogens is 326 g/mol. The SMILES string of the molecule is O=C(CBr)c1c(Br)ccc(F)c1Cl. The van der Waals surface area contributed by atoms with Gasteiger partial charge in [-0.15, -0.1) is 0 Å². The highest BCUT2D eigenvalue weighted by molar-refractivity contribution is 9.10. The molecule has 1 nitrogen and oxygen atoms in total. The van der Waals surface area contributed by atoms with E-state index in [1.165, 1.54) is 12.1 Å². The average molecular weight is 330 g/mol. The molecule has 0 aliphatic heterocycles. The zero-order valence-electron chi connectivity index (χ0n) is 6.28. The van der Waals surface area contributed by atoms with Crippen molar-refractivity contribution in [2.75, 3.05) is 5.33 Å². The van der Waals surface area contributed by atoms with Crippen molar-refractivity contribution in [2.45, 2.75) is 0 Å². The summed E-state index contributed by atoms with van der Waals surface area (Å²) in [6, 6.07) is 2.66. The highest BCUT2D eigenvalue weighted by atomic mass is 79.9. The van der Waals surface area contributed by atoms with E-state index in [0.29, 0.717) is 4.47 Å². The van der Waals surface area contributed by atoms with Gasteiger partial charge in [0.05, 0.1) is 15.9 Å². The Balaban J connectivity index is 3.33. The van der Waals surface area contributed by atoms with E-state index < -0.39 is 5.82 Å². The molecule has 0 aliphatic carbocycles. The number of rotatable bonds is 2. The van der Waals surface area contributed by atoms with Crippen molar-refractivity contribution in [1.82, 2.24) is 0 Å². The van der Waals surface area contributed by atoms with Gasteiger partial charge >= 0.3 is 0 Å². The summed E-state index contributed by atoms with van der Waals surface area (Å²) >= 11 is 11.7. The topological polar surface area (TPSA) is 17.1 Å². The van der Waals surface area contributed by atoms with E-state index in [1.54, 1.807) is 0 Å². The molecule has 0 bridgehead atoms. The minimum Gasteiger partial charge on any atom is -0.293 e. The first-order valence-corrected chi connectivity index (χ1v) is 5.60. The lowest BCUT2D eigenvalue weighted by Gasteiger charge is -2.04. The summed E-state index contributed by atoms with van der Waals surface area (Å²) < 4.78 is 13.4. The minimum atomic E-state index is -0.589. The highest BCUT2D eigenvalue weighted by Crippen LogP contribution is 2.28. The fourth-order valence-corrected chi connectivity index (χ4v) is 2.07. The van der Waals surface area contributed by atoms with Crippen LogP contribution in [0.2, 0.25) is 5.02 Å². The maximum atomic E-state index is 12.9. The standard InChI is InChI=1S/C8H4Br2ClFO/c9-3-6(13)7-4(10)1-2-5(12)8(7)11/h1-2H,3H2. The lowest BCUT2D eigenvalue weighted by Crippen LogP contribution is -2.03. The molecule has 0 spiro atoms. The summed E-state index contributed by atoms with van der Waals surface area (Å²) in [4.78, 5) is 11.3. The minimum absolute atomic E-state index is 0.120. The van der Waals surface area contributed by atoms with Crippen molar-refractivity contribution in [1.29, 1.82) is 0 Å². The molecule has 0 heterocycles. The molecule has 0 aromatic heterocycles. The quantitative estimate of drug-likeness (QED) is 0.458. The summed E-state index contributed by atoms with van der Waals surface area (Å²) in [6.07, 6.45) is 0. The predicted molar refractivity (Wildman–Crippen MR) is 57.2 cm³/mol. The number of hydrogen-bond donors (Lipinski definition) is 0. The first kappa shape index (κ1) is 11.1. The molecule has 0 aliphatic rings. The van der Waals surface area contributed by atoms with Crippen LogP contribution in [0.3, 0.4) is 0 Å². The van der Waals surface area contributed by atoms with Crippen molar-refractivity contribution < 1.29 is 9.18 Å². The zero-order valence-corrected chi connectivity index (χ0v) is 10.2. The second-order valence-corrected chi connectivity index (χ2v) is 4.07. The Morgan fingerprint density at radius 1 is 1.54 bits per heavy atom. The molecule has 0 saturated heterocycles. The maximum Gasteiger partial charge on any atom is 0.176 e. The predicted octanol–water partition coefficient (Wildman–Crippen LogP) is 3.82. The number of benzene rings is 1. The van der Waals surface area contributed by atoms with Gasteiger partial charge in [-0.2, -0.15) is 0 Å². The van der Waals surface area contributed by atoms with Gasteiger partial charge in [-0.3, -0.25) is 4.79 Å². The van der Waals surface area contributed by atoms with Gasteiger partial charge in [-0.1, -0.05) is 27.5 Å². The summed E-state index contributed by atoms with van der Waals surface area (Å²) in [6.45, 7) is 0. The number of halogens is 4. The Labute approximate surface area is 96.5 Å². The van der Waals surface area contributed by atoms with Gasteiger partial charge in [0.2, 0.25) is 0 Å². The van der Waals surface area contributed by atoms with E-state index in [2.05, 4.69) is 31.9 Å². The fourth-order valence-electron chi connectivity index (χ4n) is 0.849. The van der Waals surface area contributed by atoms with Crippen molar-refractivity contribution >= 4 is 49.2 Å². The van der Waals surface area contributed by atoms with Gasteiger partial charge in [0.15, 0.2) is 5.78 Å². The van der Waals surface area contributed by atoms with Gasteiger partial charge in [0.1, 0.15) is 5.82 Å².